The molecule has 2 aromatic carbocycles. The van der Waals surface area contributed by atoms with E-state index in [4.69, 9.17) is 4.74 Å². The van der Waals surface area contributed by atoms with Crippen molar-refractivity contribution < 1.29 is 14.3 Å². The molecule has 0 bridgehead atoms. The van der Waals surface area contributed by atoms with Gasteiger partial charge in [-0.15, -0.1) is 0 Å². The second-order valence-electron chi connectivity index (χ2n) is 8.08. The van der Waals surface area contributed by atoms with Crippen molar-refractivity contribution in [3.05, 3.63) is 101 Å². The lowest BCUT2D eigenvalue weighted by Gasteiger charge is -2.11. The SMILES string of the molecule is CCCNC(=O)c1cccc(CNC(=O)c2ccccc2OCc2cn3cccc(C)c3n2)c1. The lowest BCUT2D eigenvalue weighted by atomic mass is 10.1. The van der Waals surface area contributed by atoms with Gasteiger partial charge in [0, 0.05) is 31.0 Å². The van der Waals surface area contributed by atoms with E-state index in [1.807, 2.05) is 61.0 Å². The molecule has 0 unspecified atom stereocenters. The number of hydrogen-bond donors (Lipinski definition) is 2. The molecule has 0 saturated carbocycles. The quantitative estimate of drug-likeness (QED) is 0.393. The number of rotatable bonds is 9. The zero-order valence-electron chi connectivity index (χ0n) is 19.4. The van der Waals surface area contributed by atoms with E-state index in [9.17, 15) is 9.59 Å². The number of aryl methyl sites for hydroxylation is 1. The molecule has 2 N–H and O–H groups in total. The molecular weight excluding hydrogens is 428 g/mol. The fraction of sp³-hybridized carbons (Fsp3) is 0.222. The fourth-order valence-electron chi connectivity index (χ4n) is 3.65. The van der Waals surface area contributed by atoms with Crippen LogP contribution in [0.15, 0.2) is 73.1 Å². The third-order valence-corrected chi connectivity index (χ3v) is 5.41. The highest BCUT2D eigenvalue weighted by Crippen LogP contribution is 2.20. The van der Waals surface area contributed by atoms with Crippen LogP contribution in [-0.2, 0) is 13.2 Å². The van der Waals surface area contributed by atoms with Gasteiger partial charge in [-0.25, -0.2) is 4.98 Å². The predicted molar refractivity (Wildman–Crippen MR) is 131 cm³/mol. The number of fused-ring (bicyclic) bond motifs is 1. The summed E-state index contributed by atoms with van der Waals surface area (Å²) in [6, 6.07) is 18.4. The molecule has 0 radical (unpaired) electrons. The summed E-state index contributed by atoms with van der Waals surface area (Å²) >= 11 is 0. The third kappa shape index (κ3) is 5.43. The summed E-state index contributed by atoms with van der Waals surface area (Å²) in [5, 5.41) is 5.79. The molecule has 7 nitrogen and oxygen atoms in total. The zero-order valence-corrected chi connectivity index (χ0v) is 19.4. The van der Waals surface area contributed by atoms with E-state index >= 15 is 0 Å². The fourth-order valence-corrected chi connectivity index (χ4v) is 3.65. The molecule has 2 amide bonds. The molecular formula is C27H28N4O3. The van der Waals surface area contributed by atoms with Crippen molar-refractivity contribution in [2.24, 2.45) is 0 Å². The number of aromatic nitrogens is 2. The van der Waals surface area contributed by atoms with Crippen LogP contribution in [0, 0.1) is 6.92 Å². The smallest absolute Gasteiger partial charge is 0.255 e. The molecule has 2 heterocycles. The highest BCUT2D eigenvalue weighted by Gasteiger charge is 2.14. The highest BCUT2D eigenvalue weighted by atomic mass is 16.5. The molecule has 174 valence electrons. The van der Waals surface area contributed by atoms with Crippen LogP contribution in [0.2, 0.25) is 0 Å². The lowest BCUT2D eigenvalue weighted by molar-refractivity contribution is 0.0943. The standard InChI is InChI=1S/C27H28N4O3/c1-3-13-28-26(32)21-10-6-9-20(15-21)16-29-27(33)23-11-4-5-12-24(23)34-18-22-17-31-14-7-8-19(2)25(31)30-22/h4-12,14-15,17H,3,13,16,18H2,1-2H3,(H,28,32)(H,29,33). The van der Waals surface area contributed by atoms with Gasteiger partial charge in [0.15, 0.2) is 0 Å². The summed E-state index contributed by atoms with van der Waals surface area (Å²) in [5.41, 5.74) is 4.61. The average molecular weight is 457 g/mol. The molecule has 4 rings (SSSR count). The second-order valence-corrected chi connectivity index (χ2v) is 8.08. The number of imidazole rings is 1. The normalized spacial score (nSPS) is 10.8. The van der Waals surface area contributed by atoms with Crippen LogP contribution in [0.25, 0.3) is 5.65 Å². The summed E-state index contributed by atoms with van der Waals surface area (Å²) in [7, 11) is 0. The number of hydrogen-bond acceptors (Lipinski definition) is 4. The van der Waals surface area contributed by atoms with Crippen LogP contribution in [0.3, 0.4) is 0 Å². The number of amides is 2. The molecule has 0 spiro atoms. The van der Waals surface area contributed by atoms with E-state index in [-0.39, 0.29) is 18.4 Å². The van der Waals surface area contributed by atoms with Gasteiger partial charge in [-0.05, 0) is 54.8 Å². The number of benzene rings is 2. The molecule has 4 aromatic rings. The van der Waals surface area contributed by atoms with Gasteiger partial charge in [-0.2, -0.15) is 0 Å². The monoisotopic (exact) mass is 456 g/mol. The molecule has 0 saturated heterocycles. The molecule has 0 fully saturated rings. The zero-order chi connectivity index (χ0) is 23.9. The predicted octanol–water partition coefficient (Wildman–Crippen LogP) is 4.29. The summed E-state index contributed by atoms with van der Waals surface area (Å²) in [6.45, 7) is 5.20. The van der Waals surface area contributed by atoms with Gasteiger partial charge >= 0.3 is 0 Å². The molecule has 0 aliphatic rings. The van der Waals surface area contributed by atoms with Gasteiger partial charge in [0.2, 0.25) is 0 Å². The van der Waals surface area contributed by atoms with Crippen molar-refractivity contribution in [1.82, 2.24) is 20.0 Å². The molecule has 2 aromatic heterocycles. The topological polar surface area (TPSA) is 84.7 Å². The van der Waals surface area contributed by atoms with Gasteiger partial charge in [0.1, 0.15) is 18.0 Å². The molecule has 7 heteroatoms. The van der Waals surface area contributed by atoms with E-state index in [1.54, 1.807) is 30.3 Å². The second kappa shape index (κ2) is 10.7. The van der Waals surface area contributed by atoms with Gasteiger partial charge in [-0.1, -0.05) is 37.3 Å². The maximum Gasteiger partial charge on any atom is 0.255 e. The minimum Gasteiger partial charge on any atom is -0.486 e. The van der Waals surface area contributed by atoms with Gasteiger partial charge in [0.25, 0.3) is 11.8 Å². The first-order valence-electron chi connectivity index (χ1n) is 11.4. The van der Waals surface area contributed by atoms with E-state index in [2.05, 4.69) is 15.6 Å². The Bertz CT molecular complexity index is 1310. The Morgan fingerprint density at radius 1 is 1.00 bits per heavy atom. The van der Waals surface area contributed by atoms with Crippen LogP contribution in [-0.4, -0.2) is 27.7 Å². The third-order valence-electron chi connectivity index (χ3n) is 5.41. The number of carbonyl (C=O) groups excluding carboxylic acids is 2. The lowest BCUT2D eigenvalue weighted by Crippen LogP contribution is -2.25. The summed E-state index contributed by atoms with van der Waals surface area (Å²) in [4.78, 5) is 29.7. The maximum absolute atomic E-state index is 12.9. The van der Waals surface area contributed by atoms with Gasteiger partial charge in [-0.3, -0.25) is 9.59 Å². The largest absolute Gasteiger partial charge is 0.486 e. The van der Waals surface area contributed by atoms with E-state index in [0.717, 1.165) is 28.9 Å². The number of nitrogens with zero attached hydrogens (tertiary/aromatic N) is 2. The van der Waals surface area contributed by atoms with Crippen molar-refractivity contribution in [1.29, 1.82) is 0 Å². The van der Waals surface area contributed by atoms with Crippen LogP contribution in [0.5, 0.6) is 5.75 Å². The number of pyridine rings is 1. The molecule has 0 aliphatic carbocycles. The van der Waals surface area contributed by atoms with Crippen molar-refractivity contribution >= 4 is 17.5 Å². The highest BCUT2D eigenvalue weighted by molar-refractivity contribution is 5.97. The van der Waals surface area contributed by atoms with Crippen LogP contribution in [0.4, 0.5) is 0 Å². The van der Waals surface area contributed by atoms with Crippen LogP contribution in [0.1, 0.15) is 50.9 Å². The Morgan fingerprint density at radius 2 is 1.85 bits per heavy atom. The van der Waals surface area contributed by atoms with Crippen LogP contribution < -0.4 is 15.4 Å². The number of nitrogens with one attached hydrogen (secondary N) is 2. The van der Waals surface area contributed by atoms with E-state index in [0.29, 0.717) is 30.0 Å². The average Bonchev–Trinajstić information content (AvgIpc) is 3.29. The first-order valence-corrected chi connectivity index (χ1v) is 11.4. The van der Waals surface area contributed by atoms with Crippen molar-refractivity contribution in [2.75, 3.05) is 6.54 Å². The first kappa shape index (κ1) is 23.0. The van der Waals surface area contributed by atoms with Gasteiger partial charge < -0.3 is 19.8 Å². The molecule has 0 atom stereocenters. The summed E-state index contributed by atoms with van der Waals surface area (Å²) < 4.78 is 7.93. The van der Waals surface area contributed by atoms with Gasteiger partial charge in [0.05, 0.1) is 11.3 Å². The van der Waals surface area contributed by atoms with E-state index in [1.165, 1.54) is 0 Å². The Kier molecular flexibility index (Phi) is 7.22. The first-order chi connectivity index (χ1) is 16.5. The molecule has 34 heavy (non-hydrogen) atoms. The van der Waals surface area contributed by atoms with Crippen molar-refractivity contribution in [3.63, 3.8) is 0 Å². The van der Waals surface area contributed by atoms with E-state index < -0.39 is 0 Å². The number of ether oxygens (including phenoxy) is 1. The Hall–Kier alpha value is -4.13. The molecule has 0 aliphatic heterocycles. The Labute approximate surface area is 198 Å². The number of para-hydroxylation sites is 1. The maximum atomic E-state index is 12.9. The van der Waals surface area contributed by atoms with Crippen LogP contribution >= 0.6 is 0 Å². The summed E-state index contributed by atoms with van der Waals surface area (Å²) in [6.07, 6.45) is 4.75. The Balaban J connectivity index is 1.40. The minimum atomic E-state index is -0.248. The number of carbonyl (C=O) groups is 2. The Morgan fingerprint density at radius 3 is 2.68 bits per heavy atom. The summed E-state index contributed by atoms with van der Waals surface area (Å²) in [5.74, 6) is 0.125. The minimum absolute atomic E-state index is 0.115. The van der Waals surface area contributed by atoms with Crippen molar-refractivity contribution in [3.8, 4) is 5.75 Å². The van der Waals surface area contributed by atoms with Crippen molar-refractivity contribution in [2.45, 2.75) is 33.4 Å².